The van der Waals surface area contributed by atoms with Gasteiger partial charge in [-0.05, 0) is 24.3 Å². The fraction of sp³-hybridized carbons (Fsp3) is 0.214. The molecule has 116 valence electrons. The molecule has 1 aromatic heterocycles. The number of aryl methyl sites for hydroxylation is 1. The number of methoxy groups -OCH3 is 1. The van der Waals surface area contributed by atoms with E-state index < -0.39 is 11.9 Å². The van der Waals surface area contributed by atoms with E-state index in [-0.39, 0.29) is 18.0 Å². The van der Waals surface area contributed by atoms with Crippen LogP contribution in [0.2, 0.25) is 5.02 Å². The van der Waals surface area contributed by atoms with E-state index in [1.807, 2.05) is 0 Å². The summed E-state index contributed by atoms with van der Waals surface area (Å²) < 4.78 is 11.3. The highest BCUT2D eigenvalue weighted by Gasteiger charge is 2.18. The van der Waals surface area contributed by atoms with Crippen molar-refractivity contribution in [2.24, 2.45) is 7.05 Å². The molecule has 1 amide bonds. The minimum atomic E-state index is -0.630. The molecule has 0 saturated heterocycles. The van der Waals surface area contributed by atoms with Gasteiger partial charge in [0.05, 0.1) is 12.8 Å². The largest absolute Gasteiger partial charge is 0.484 e. The average molecular weight is 324 g/mol. The highest BCUT2D eigenvalue weighted by molar-refractivity contribution is 6.30. The number of carbonyl (C=O) groups is 2. The Balaban J connectivity index is 1.97. The van der Waals surface area contributed by atoms with E-state index in [2.05, 4.69) is 15.2 Å². The molecule has 22 heavy (non-hydrogen) atoms. The number of ether oxygens (including phenoxy) is 2. The normalized spacial score (nSPS) is 10.1. The number of anilines is 1. The maximum absolute atomic E-state index is 11.9. The number of hydrogen-bond acceptors (Lipinski definition) is 5. The number of hydrogen-bond donors (Lipinski definition) is 1. The summed E-state index contributed by atoms with van der Waals surface area (Å²) >= 11 is 5.76. The first kappa shape index (κ1) is 15.8. The Morgan fingerprint density at radius 1 is 1.32 bits per heavy atom. The number of nitrogens with one attached hydrogen (secondary N) is 1. The number of benzene rings is 1. The van der Waals surface area contributed by atoms with Crippen LogP contribution in [0.15, 0.2) is 30.5 Å². The summed E-state index contributed by atoms with van der Waals surface area (Å²) in [6.07, 6.45) is 1.51. The summed E-state index contributed by atoms with van der Waals surface area (Å²) in [5.74, 6) is -0.540. The Morgan fingerprint density at radius 3 is 2.64 bits per heavy atom. The fourth-order valence-corrected chi connectivity index (χ4v) is 1.82. The standard InChI is InChI=1S/C14H14ClN3O4/c1-18-7-11(13(17-18)14(20)21-2)16-12(19)8-22-10-5-3-9(15)4-6-10/h3-7H,8H2,1-2H3,(H,16,19). The third kappa shape index (κ3) is 3.98. The summed E-state index contributed by atoms with van der Waals surface area (Å²) in [5, 5.41) is 7.07. The summed E-state index contributed by atoms with van der Waals surface area (Å²) in [7, 11) is 2.87. The van der Waals surface area contributed by atoms with Crippen LogP contribution >= 0.6 is 11.6 Å². The van der Waals surface area contributed by atoms with Gasteiger partial charge >= 0.3 is 5.97 Å². The van der Waals surface area contributed by atoms with Gasteiger partial charge in [-0.1, -0.05) is 11.6 Å². The van der Waals surface area contributed by atoms with E-state index in [4.69, 9.17) is 16.3 Å². The van der Waals surface area contributed by atoms with Gasteiger partial charge in [0.25, 0.3) is 5.91 Å². The number of carbonyl (C=O) groups excluding carboxylic acids is 2. The lowest BCUT2D eigenvalue weighted by molar-refractivity contribution is -0.118. The second kappa shape index (κ2) is 6.95. The van der Waals surface area contributed by atoms with E-state index in [1.165, 1.54) is 18.0 Å². The smallest absolute Gasteiger partial charge is 0.360 e. The van der Waals surface area contributed by atoms with Gasteiger partial charge in [0.2, 0.25) is 0 Å². The van der Waals surface area contributed by atoms with Crippen molar-refractivity contribution < 1.29 is 19.1 Å². The van der Waals surface area contributed by atoms with E-state index >= 15 is 0 Å². The lowest BCUT2D eigenvalue weighted by Crippen LogP contribution is -2.21. The maximum atomic E-state index is 11.9. The third-order valence-electron chi connectivity index (χ3n) is 2.67. The molecular weight excluding hydrogens is 310 g/mol. The van der Waals surface area contributed by atoms with Crippen molar-refractivity contribution in [1.29, 1.82) is 0 Å². The zero-order valence-corrected chi connectivity index (χ0v) is 12.8. The van der Waals surface area contributed by atoms with E-state index in [9.17, 15) is 9.59 Å². The molecule has 1 heterocycles. The van der Waals surface area contributed by atoms with Crippen molar-refractivity contribution in [2.45, 2.75) is 0 Å². The second-order valence-electron chi connectivity index (χ2n) is 4.35. The maximum Gasteiger partial charge on any atom is 0.360 e. The van der Waals surface area contributed by atoms with Crippen molar-refractivity contribution in [3.8, 4) is 5.75 Å². The van der Waals surface area contributed by atoms with Crippen LogP contribution in [-0.2, 0) is 16.6 Å². The quantitative estimate of drug-likeness (QED) is 0.849. The Bertz CT molecular complexity index is 682. The Hall–Kier alpha value is -2.54. The summed E-state index contributed by atoms with van der Waals surface area (Å²) in [4.78, 5) is 23.4. The summed E-state index contributed by atoms with van der Waals surface area (Å²) in [5.41, 5.74) is 0.295. The van der Waals surface area contributed by atoms with Crippen molar-refractivity contribution in [3.63, 3.8) is 0 Å². The zero-order chi connectivity index (χ0) is 16.1. The molecule has 2 rings (SSSR count). The van der Waals surface area contributed by atoms with E-state index in [0.29, 0.717) is 10.8 Å². The van der Waals surface area contributed by atoms with Crippen LogP contribution < -0.4 is 10.1 Å². The Morgan fingerprint density at radius 2 is 2.00 bits per heavy atom. The Kier molecular flexibility index (Phi) is 5.00. The van der Waals surface area contributed by atoms with E-state index in [0.717, 1.165) is 0 Å². The van der Waals surface area contributed by atoms with Crippen LogP contribution in [0, 0.1) is 0 Å². The van der Waals surface area contributed by atoms with Crippen molar-refractivity contribution in [1.82, 2.24) is 9.78 Å². The lowest BCUT2D eigenvalue weighted by Gasteiger charge is -2.07. The van der Waals surface area contributed by atoms with Gasteiger partial charge in [0.15, 0.2) is 12.3 Å². The first-order chi connectivity index (χ1) is 10.5. The topological polar surface area (TPSA) is 82.5 Å². The molecule has 0 aliphatic carbocycles. The molecule has 1 N–H and O–H groups in total. The van der Waals surface area contributed by atoms with Crippen molar-refractivity contribution in [2.75, 3.05) is 19.0 Å². The fourth-order valence-electron chi connectivity index (χ4n) is 1.69. The van der Waals surface area contributed by atoms with E-state index in [1.54, 1.807) is 31.3 Å². The highest BCUT2D eigenvalue weighted by atomic mass is 35.5. The van der Waals surface area contributed by atoms with Crippen LogP contribution in [0.1, 0.15) is 10.5 Å². The van der Waals surface area contributed by atoms with Crippen molar-refractivity contribution in [3.05, 3.63) is 41.2 Å². The Labute approximate surface area is 131 Å². The van der Waals surface area contributed by atoms with Gasteiger partial charge in [-0.3, -0.25) is 9.48 Å². The molecule has 7 nitrogen and oxygen atoms in total. The predicted molar refractivity (Wildman–Crippen MR) is 80.1 cm³/mol. The summed E-state index contributed by atoms with van der Waals surface area (Å²) in [6, 6.07) is 6.62. The van der Waals surface area contributed by atoms with Crippen LogP contribution in [0.5, 0.6) is 5.75 Å². The molecule has 0 aliphatic heterocycles. The van der Waals surface area contributed by atoms with Gasteiger partial charge in [0, 0.05) is 18.3 Å². The van der Waals surface area contributed by atoms with Crippen LogP contribution in [0.3, 0.4) is 0 Å². The number of halogens is 1. The number of esters is 1. The first-order valence-corrected chi connectivity index (χ1v) is 6.67. The predicted octanol–water partition coefficient (Wildman–Crippen LogP) is 1.88. The highest BCUT2D eigenvalue weighted by Crippen LogP contribution is 2.16. The number of nitrogens with zero attached hydrogens (tertiary/aromatic N) is 2. The minimum Gasteiger partial charge on any atom is -0.484 e. The molecule has 0 aliphatic rings. The molecule has 1 aromatic carbocycles. The number of aromatic nitrogens is 2. The van der Waals surface area contributed by atoms with Crippen LogP contribution in [-0.4, -0.2) is 35.4 Å². The number of amides is 1. The van der Waals surface area contributed by atoms with Crippen molar-refractivity contribution >= 4 is 29.2 Å². The van der Waals surface area contributed by atoms with Gasteiger partial charge in [-0.2, -0.15) is 5.10 Å². The molecule has 8 heteroatoms. The molecule has 0 unspecified atom stereocenters. The molecule has 0 fully saturated rings. The second-order valence-corrected chi connectivity index (χ2v) is 4.78. The van der Waals surface area contributed by atoms with Gasteiger partial charge in [-0.25, -0.2) is 4.79 Å². The molecule has 0 radical (unpaired) electrons. The molecule has 0 bridgehead atoms. The molecule has 0 atom stereocenters. The van der Waals surface area contributed by atoms with Crippen LogP contribution in [0.25, 0.3) is 0 Å². The minimum absolute atomic E-state index is 0.0323. The third-order valence-corrected chi connectivity index (χ3v) is 2.92. The van der Waals surface area contributed by atoms with Gasteiger partial charge in [0.1, 0.15) is 5.75 Å². The number of rotatable bonds is 5. The molecular formula is C14H14ClN3O4. The van der Waals surface area contributed by atoms with Gasteiger partial charge < -0.3 is 14.8 Å². The SMILES string of the molecule is COC(=O)c1nn(C)cc1NC(=O)COc1ccc(Cl)cc1. The van der Waals surface area contributed by atoms with Crippen LogP contribution in [0.4, 0.5) is 5.69 Å². The monoisotopic (exact) mass is 323 g/mol. The summed E-state index contributed by atoms with van der Waals surface area (Å²) in [6.45, 7) is -0.211. The average Bonchev–Trinajstić information content (AvgIpc) is 2.86. The lowest BCUT2D eigenvalue weighted by atomic mass is 10.3. The molecule has 0 saturated carbocycles. The zero-order valence-electron chi connectivity index (χ0n) is 12.0. The first-order valence-electron chi connectivity index (χ1n) is 6.30. The molecule has 0 spiro atoms. The molecule has 2 aromatic rings. The van der Waals surface area contributed by atoms with Gasteiger partial charge in [-0.15, -0.1) is 0 Å².